The van der Waals surface area contributed by atoms with Gasteiger partial charge in [0, 0.05) is 32.2 Å². The molecule has 1 saturated heterocycles. The lowest BCUT2D eigenvalue weighted by Gasteiger charge is -2.31. The summed E-state index contributed by atoms with van der Waals surface area (Å²) in [4.78, 5) is 38.6. The molecule has 2 heterocycles. The van der Waals surface area contributed by atoms with Crippen molar-refractivity contribution in [2.24, 2.45) is 0 Å². The predicted octanol–water partition coefficient (Wildman–Crippen LogP) is 4.63. The lowest BCUT2D eigenvalue weighted by atomic mass is 10.0. The van der Waals surface area contributed by atoms with Crippen LogP contribution < -0.4 is 22.3 Å². The molecule has 2 rings (SSSR count). The molecule has 1 aromatic heterocycles. The van der Waals surface area contributed by atoms with E-state index < -0.39 is 30.3 Å². The zero-order chi connectivity index (χ0) is 31.8. The number of unbranched alkanes of at least 4 members (excludes halogenated alkanes) is 14. The number of imide groups is 1. The number of pyridine rings is 1. The van der Waals surface area contributed by atoms with Crippen molar-refractivity contribution in [2.45, 2.75) is 155 Å². The SMILES string of the molecule is CCCCCCCCCCCCCCCCCNC(=O)OC1CCCOC1COC(=O)N(Cc1cccc[n+]1CC)C(C)=O.[Cl-]. The van der Waals surface area contributed by atoms with Crippen molar-refractivity contribution in [3.63, 3.8) is 0 Å². The number of aromatic nitrogens is 1. The van der Waals surface area contributed by atoms with Crippen LogP contribution in [0.25, 0.3) is 0 Å². The molecule has 1 fully saturated rings. The molecule has 1 aliphatic heterocycles. The monoisotopic (exact) mass is 653 g/mol. The fourth-order valence-electron chi connectivity index (χ4n) is 5.63. The van der Waals surface area contributed by atoms with Gasteiger partial charge in [-0.05, 0) is 26.2 Å². The standard InChI is InChI=1S/C35H59N3O6.ClH/c1-4-6-7-8-9-10-11-12-13-14-15-16-17-18-20-25-36-34(40)44-32-24-22-27-42-33(32)29-43-35(41)38(30(3)39)28-31-23-19-21-26-37(31)5-2;/h19,21,23,26,32-33H,4-18,20,22,24-25,27-29H2,1-3H3;1H. The minimum Gasteiger partial charge on any atom is -1.00 e. The molecule has 9 nitrogen and oxygen atoms in total. The summed E-state index contributed by atoms with van der Waals surface area (Å²) >= 11 is 0. The molecule has 1 aliphatic rings. The molecule has 2 unspecified atom stereocenters. The molecule has 0 bridgehead atoms. The van der Waals surface area contributed by atoms with Crippen molar-refractivity contribution >= 4 is 18.1 Å². The Morgan fingerprint density at radius 2 is 1.51 bits per heavy atom. The van der Waals surface area contributed by atoms with E-state index in [1.165, 1.54) is 90.4 Å². The largest absolute Gasteiger partial charge is 1.00 e. The summed E-state index contributed by atoms with van der Waals surface area (Å²) in [6.07, 6.45) is 20.5. The number of amides is 3. The van der Waals surface area contributed by atoms with Crippen LogP contribution in [-0.2, 0) is 32.1 Å². The van der Waals surface area contributed by atoms with E-state index in [1.807, 2.05) is 35.9 Å². The first kappa shape index (κ1) is 40.6. The number of alkyl carbamates (subject to hydrolysis) is 1. The molecule has 2 atom stereocenters. The number of ether oxygens (including phenoxy) is 3. The number of carbonyl (C=O) groups excluding carboxylic acids is 3. The smallest absolute Gasteiger partial charge is 0.417 e. The molecule has 0 saturated carbocycles. The average Bonchev–Trinajstić information content (AvgIpc) is 3.02. The summed E-state index contributed by atoms with van der Waals surface area (Å²) < 4.78 is 18.9. The third kappa shape index (κ3) is 17.8. The first-order valence-electron chi connectivity index (χ1n) is 17.4. The zero-order valence-electron chi connectivity index (χ0n) is 28.2. The van der Waals surface area contributed by atoms with Gasteiger partial charge in [0.1, 0.15) is 31.9 Å². The van der Waals surface area contributed by atoms with Gasteiger partial charge in [-0.1, -0.05) is 103 Å². The lowest BCUT2D eigenvalue weighted by molar-refractivity contribution is -0.701. The molecule has 0 aliphatic carbocycles. The summed E-state index contributed by atoms with van der Waals surface area (Å²) in [6, 6.07) is 5.65. The predicted molar refractivity (Wildman–Crippen MR) is 172 cm³/mol. The molecule has 1 aromatic rings. The molecule has 3 amide bonds. The van der Waals surface area contributed by atoms with E-state index in [2.05, 4.69) is 12.2 Å². The number of carbonyl (C=O) groups is 3. The molecule has 258 valence electrons. The van der Waals surface area contributed by atoms with Gasteiger partial charge in [-0.3, -0.25) is 4.79 Å². The third-order valence-corrected chi connectivity index (χ3v) is 8.35. The van der Waals surface area contributed by atoms with Gasteiger partial charge in [0.2, 0.25) is 11.6 Å². The minimum atomic E-state index is -0.741. The topological polar surface area (TPSA) is 98.1 Å². The van der Waals surface area contributed by atoms with E-state index in [0.717, 1.165) is 29.9 Å². The maximum Gasteiger partial charge on any atom is 0.417 e. The fraction of sp³-hybridized carbons (Fsp3) is 0.771. The second kappa shape index (κ2) is 25.8. The molecule has 0 radical (unpaired) electrons. The van der Waals surface area contributed by atoms with Gasteiger partial charge in [0.25, 0.3) is 0 Å². The van der Waals surface area contributed by atoms with Crippen LogP contribution in [0.3, 0.4) is 0 Å². The van der Waals surface area contributed by atoms with E-state index in [-0.39, 0.29) is 25.6 Å². The van der Waals surface area contributed by atoms with E-state index >= 15 is 0 Å². The Balaban J connectivity index is 0.0000101. The van der Waals surface area contributed by atoms with Crippen LogP contribution in [-0.4, -0.2) is 55.0 Å². The van der Waals surface area contributed by atoms with Gasteiger partial charge >= 0.3 is 12.2 Å². The Hall–Kier alpha value is -2.39. The summed E-state index contributed by atoms with van der Waals surface area (Å²) in [7, 11) is 0. The Labute approximate surface area is 278 Å². The molecular weight excluding hydrogens is 594 g/mol. The van der Waals surface area contributed by atoms with E-state index in [4.69, 9.17) is 14.2 Å². The number of nitrogens with one attached hydrogen (secondary N) is 1. The Bertz CT molecular complexity index is 950. The summed E-state index contributed by atoms with van der Waals surface area (Å²) in [5, 5.41) is 2.85. The molecule has 0 spiro atoms. The quantitative estimate of drug-likeness (QED) is 0.145. The van der Waals surface area contributed by atoms with Crippen molar-refractivity contribution in [3.8, 4) is 0 Å². The van der Waals surface area contributed by atoms with Crippen LogP contribution in [0.1, 0.15) is 136 Å². The van der Waals surface area contributed by atoms with Gasteiger partial charge in [0.15, 0.2) is 6.20 Å². The normalized spacial score (nSPS) is 16.0. The van der Waals surface area contributed by atoms with E-state index in [1.54, 1.807) is 0 Å². The third-order valence-electron chi connectivity index (χ3n) is 8.35. The van der Waals surface area contributed by atoms with Crippen LogP contribution in [0.2, 0.25) is 0 Å². The number of nitrogens with zero attached hydrogens (tertiary/aromatic N) is 2. The van der Waals surface area contributed by atoms with Crippen molar-refractivity contribution in [2.75, 3.05) is 19.8 Å². The maximum absolute atomic E-state index is 12.8. The summed E-state index contributed by atoms with van der Waals surface area (Å²) in [5.74, 6) is -0.406. The average molecular weight is 654 g/mol. The molecule has 1 N–H and O–H groups in total. The zero-order valence-corrected chi connectivity index (χ0v) is 29.0. The first-order valence-corrected chi connectivity index (χ1v) is 17.4. The van der Waals surface area contributed by atoms with Gasteiger partial charge in [-0.15, -0.1) is 0 Å². The van der Waals surface area contributed by atoms with Gasteiger partial charge < -0.3 is 31.9 Å². The Kier molecular flexibility index (Phi) is 23.3. The number of aryl methyl sites for hydroxylation is 1. The lowest BCUT2D eigenvalue weighted by Crippen LogP contribution is -3.00. The minimum absolute atomic E-state index is 0. The van der Waals surface area contributed by atoms with Crippen LogP contribution in [0.15, 0.2) is 24.4 Å². The molecule has 45 heavy (non-hydrogen) atoms. The number of hydrogen-bond donors (Lipinski definition) is 1. The van der Waals surface area contributed by atoms with Crippen LogP contribution in [0.4, 0.5) is 9.59 Å². The van der Waals surface area contributed by atoms with Gasteiger partial charge in [-0.2, -0.15) is 0 Å². The highest BCUT2D eigenvalue weighted by molar-refractivity contribution is 5.90. The maximum atomic E-state index is 12.8. The Morgan fingerprint density at radius 3 is 2.09 bits per heavy atom. The number of rotatable bonds is 22. The van der Waals surface area contributed by atoms with Gasteiger partial charge in [-0.25, -0.2) is 19.1 Å². The van der Waals surface area contributed by atoms with Crippen LogP contribution in [0.5, 0.6) is 0 Å². The summed E-state index contributed by atoms with van der Waals surface area (Å²) in [5.41, 5.74) is 0.822. The van der Waals surface area contributed by atoms with Crippen molar-refractivity contribution in [1.82, 2.24) is 10.2 Å². The number of hydrogen-bond acceptors (Lipinski definition) is 6. The Morgan fingerprint density at radius 1 is 0.911 bits per heavy atom. The van der Waals surface area contributed by atoms with Crippen molar-refractivity contribution in [3.05, 3.63) is 30.1 Å². The summed E-state index contributed by atoms with van der Waals surface area (Å²) in [6.45, 7) is 7.41. The van der Waals surface area contributed by atoms with Crippen LogP contribution in [0, 0.1) is 0 Å². The molecule has 10 heteroatoms. The number of halogens is 1. The van der Waals surface area contributed by atoms with Crippen molar-refractivity contribution in [1.29, 1.82) is 0 Å². The highest BCUT2D eigenvalue weighted by Crippen LogP contribution is 2.19. The highest BCUT2D eigenvalue weighted by atomic mass is 35.5. The van der Waals surface area contributed by atoms with E-state index in [0.29, 0.717) is 26.1 Å². The van der Waals surface area contributed by atoms with Crippen LogP contribution >= 0.6 is 0 Å². The van der Waals surface area contributed by atoms with Crippen molar-refractivity contribution < 1.29 is 45.6 Å². The molecule has 0 aromatic carbocycles. The fourth-order valence-corrected chi connectivity index (χ4v) is 5.63. The van der Waals surface area contributed by atoms with E-state index in [9.17, 15) is 14.4 Å². The second-order valence-electron chi connectivity index (χ2n) is 12.0. The van der Waals surface area contributed by atoms with Gasteiger partial charge in [0.05, 0.1) is 0 Å². The highest BCUT2D eigenvalue weighted by Gasteiger charge is 2.32. The molecular formula is C35H60ClN3O6. The second-order valence-corrected chi connectivity index (χ2v) is 12.0. The first-order chi connectivity index (χ1) is 21.5.